The van der Waals surface area contributed by atoms with Crippen molar-refractivity contribution in [3.8, 4) is 5.75 Å². The highest BCUT2D eigenvalue weighted by Gasteiger charge is 2.31. The number of benzene rings is 2. The third-order valence-electron chi connectivity index (χ3n) is 3.89. The number of imidazole rings is 1. The van der Waals surface area contributed by atoms with Crippen molar-refractivity contribution in [3.63, 3.8) is 0 Å². The molecule has 31 heavy (non-hydrogen) atoms. The molecule has 0 spiro atoms. The van der Waals surface area contributed by atoms with E-state index in [1.807, 2.05) is 0 Å². The number of para-hydroxylation sites is 1. The number of carbonyl (C=O) groups excluding carboxylic acids is 1. The van der Waals surface area contributed by atoms with E-state index in [0.29, 0.717) is 17.8 Å². The van der Waals surface area contributed by atoms with Gasteiger partial charge in [-0.1, -0.05) is 12.1 Å². The fourth-order valence-corrected chi connectivity index (χ4v) is 3.36. The first-order valence-corrected chi connectivity index (χ1v) is 10.1. The molecule has 2 aromatic carbocycles. The molecule has 2 N–H and O–H groups in total. The van der Waals surface area contributed by atoms with Crippen LogP contribution in [0.25, 0.3) is 0 Å². The summed E-state index contributed by atoms with van der Waals surface area (Å²) in [7, 11) is -4.40. The number of hydrogen-bond donors (Lipinski definition) is 2. The van der Waals surface area contributed by atoms with Crippen molar-refractivity contribution < 1.29 is 30.6 Å². The summed E-state index contributed by atoms with van der Waals surface area (Å²) in [4.78, 5) is 17.9. The van der Waals surface area contributed by atoms with Crippen molar-refractivity contribution in [2.75, 3.05) is 0 Å². The van der Waals surface area contributed by atoms with Crippen molar-refractivity contribution in [1.29, 1.82) is 0 Å². The zero-order valence-electron chi connectivity index (χ0n) is 15.6. The Hall–Kier alpha value is -3.67. The summed E-state index contributed by atoms with van der Waals surface area (Å²) >= 11 is 0. The average Bonchev–Trinajstić information content (AvgIpc) is 3.21. The van der Waals surface area contributed by atoms with Crippen LogP contribution in [0, 0.1) is 0 Å². The first kappa shape index (κ1) is 22.0. The molecule has 1 heterocycles. The van der Waals surface area contributed by atoms with Gasteiger partial charge in [0.15, 0.2) is 5.75 Å². The Morgan fingerprint density at radius 2 is 1.87 bits per heavy atom. The number of aromatic amines is 1. The van der Waals surface area contributed by atoms with Crippen LogP contribution in [0.3, 0.4) is 0 Å². The van der Waals surface area contributed by atoms with Gasteiger partial charge in [0, 0.05) is 17.5 Å². The fraction of sp³-hybridized carbons (Fsp3) is 0.105. The number of alkyl halides is 3. The first-order valence-electron chi connectivity index (χ1n) is 8.65. The summed E-state index contributed by atoms with van der Waals surface area (Å²) in [5.74, 6) is -0.551. The molecular weight excluding hydrogens is 437 g/mol. The van der Waals surface area contributed by atoms with E-state index in [-0.39, 0.29) is 17.7 Å². The third-order valence-corrected chi connectivity index (χ3v) is 5.14. The van der Waals surface area contributed by atoms with Gasteiger partial charge < -0.3 is 9.17 Å². The van der Waals surface area contributed by atoms with Crippen LogP contribution in [0.1, 0.15) is 16.8 Å². The molecule has 0 saturated heterocycles. The van der Waals surface area contributed by atoms with Crippen molar-refractivity contribution in [1.82, 2.24) is 15.4 Å². The summed E-state index contributed by atoms with van der Waals surface area (Å²) in [6.07, 6.45) is -0.483. The minimum absolute atomic E-state index is 0.0117. The molecule has 0 aliphatic heterocycles. The number of amides is 1. The Morgan fingerprint density at radius 3 is 2.52 bits per heavy atom. The van der Waals surface area contributed by atoms with Crippen molar-refractivity contribution in [3.05, 3.63) is 77.9 Å². The van der Waals surface area contributed by atoms with E-state index in [9.17, 15) is 26.4 Å². The zero-order chi connectivity index (χ0) is 22.5. The second-order valence-corrected chi connectivity index (χ2v) is 7.69. The molecule has 0 aliphatic rings. The molecule has 0 fully saturated rings. The van der Waals surface area contributed by atoms with Crippen molar-refractivity contribution in [2.45, 2.75) is 17.5 Å². The van der Waals surface area contributed by atoms with Gasteiger partial charge in [-0.2, -0.15) is 26.7 Å². The Kier molecular flexibility index (Phi) is 6.39. The number of hydrazone groups is 1. The average molecular weight is 452 g/mol. The molecule has 162 valence electrons. The summed E-state index contributed by atoms with van der Waals surface area (Å²) < 4.78 is 68.0. The number of nitrogens with zero attached hydrogens (tertiary/aromatic N) is 2. The standard InChI is InChI=1S/C19H15F3N4O4S/c20-19(21,22)14-5-7-16(8-6-14)31(28,29)30-17-4-2-1-3-13(17)10-25-26-18(27)9-15-11-23-12-24-15/h1-8,10-12H,9H2,(H,23,24)(H,26,27)/b25-10+. The molecule has 3 rings (SSSR count). The highest BCUT2D eigenvalue weighted by molar-refractivity contribution is 7.87. The molecule has 0 aliphatic carbocycles. The van der Waals surface area contributed by atoms with Crippen LogP contribution in [0.15, 0.2) is 71.1 Å². The molecule has 0 bridgehead atoms. The van der Waals surface area contributed by atoms with Crippen LogP contribution in [0.5, 0.6) is 5.75 Å². The topological polar surface area (TPSA) is 114 Å². The van der Waals surface area contributed by atoms with Gasteiger partial charge in [0.25, 0.3) is 0 Å². The lowest BCUT2D eigenvalue weighted by Gasteiger charge is -2.11. The Labute approximate surface area is 174 Å². The predicted octanol–water partition coefficient (Wildman–Crippen LogP) is 2.89. The van der Waals surface area contributed by atoms with Gasteiger partial charge in [0.2, 0.25) is 5.91 Å². The number of rotatable bonds is 7. The highest BCUT2D eigenvalue weighted by atomic mass is 32.2. The van der Waals surface area contributed by atoms with Crippen LogP contribution < -0.4 is 9.61 Å². The van der Waals surface area contributed by atoms with Gasteiger partial charge in [-0.25, -0.2) is 10.4 Å². The molecule has 1 amide bonds. The number of halogens is 3. The summed E-state index contributed by atoms with van der Waals surface area (Å²) in [5.41, 5.74) is 2.11. The lowest BCUT2D eigenvalue weighted by atomic mass is 10.2. The van der Waals surface area contributed by atoms with Gasteiger partial charge in [-0.3, -0.25) is 4.79 Å². The van der Waals surface area contributed by atoms with E-state index in [2.05, 4.69) is 20.5 Å². The van der Waals surface area contributed by atoms with Gasteiger partial charge in [0.1, 0.15) is 4.90 Å². The Balaban J connectivity index is 1.71. The third kappa shape index (κ3) is 5.92. The number of carbonyl (C=O) groups is 1. The van der Waals surface area contributed by atoms with E-state index in [0.717, 1.165) is 12.1 Å². The zero-order valence-corrected chi connectivity index (χ0v) is 16.4. The monoisotopic (exact) mass is 452 g/mol. The van der Waals surface area contributed by atoms with Crippen molar-refractivity contribution in [2.24, 2.45) is 5.10 Å². The molecule has 12 heteroatoms. The molecule has 0 saturated carbocycles. The second kappa shape index (κ2) is 9.00. The van der Waals surface area contributed by atoms with Crippen LogP contribution in [0.4, 0.5) is 13.2 Å². The van der Waals surface area contributed by atoms with E-state index in [1.54, 1.807) is 6.07 Å². The van der Waals surface area contributed by atoms with E-state index in [4.69, 9.17) is 4.18 Å². The predicted molar refractivity (Wildman–Crippen MR) is 104 cm³/mol. The minimum atomic E-state index is -4.59. The summed E-state index contributed by atoms with van der Waals surface area (Å²) in [6, 6.07) is 8.85. The van der Waals surface area contributed by atoms with E-state index >= 15 is 0 Å². The largest absolute Gasteiger partial charge is 0.416 e. The molecule has 0 unspecified atom stereocenters. The highest BCUT2D eigenvalue weighted by Crippen LogP contribution is 2.30. The maximum atomic E-state index is 12.7. The lowest BCUT2D eigenvalue weighted by Crippen LogP contribution is -2.20. The second-order valence-electron chi connectivity index (χ2n) is 6.14. The maximum Gasteiger partial charge on any atom is 0.416 e. The van der Waals surface area contributed by atoms with Crippen LogP contribution in [0.2, 0.25) is 0 Å². The minimum Gasteiger partial charge on any atom is -0.378 e. The molecule has 3 aromatic rings. The smallest absolute Gasteiger partial charge is 0.378 e. The normalized spacial score (nSPS) is 12.1. The quantitative estimate of drug-likeness (QED) is 0.325. The number of H-pyrrole nitrogens is 1. The van der Waals surface area contributed by atoms with Crippen LogP contribution >= 0.6 is 0 Å². The van der Waals surface area contributed by atoms with Crippen molar-refractivity contribution >= 4 is 22.2 Å². The van der Waals surface area contributed by atoms with Crippen LogP contribution in [-0.2, 0) is 27.5 Å². The molecule has 0 atom stereocenters. The van der Waals surface area contributed by atoms with Gasteiger partial charge in [-0.15, -0.1) is 0 Å². The van der Waals surface area contributed by atoms with Gasteiger partial charge >= 0.3 is 16.3 Å². The van der Waals surface area contributed by atoms with Gasteiger partial charge in [0.05, 0.1) is 24.5 Å². The van der Waals surface area contributed by atoms with E-state index < -0.39 is 32.7 Å². The van der Waals surface area contributed by atoms with E-state index in [1.165, 1.54) is 36.9 Å². The molecule has 0 radical (unpaired) electrons. The maximum absolute atomic E-state index is 12.7. The fourth-order valence-electron chi connectivity index (χ4n) is 2.41. The SMILES string of the molecule is O=C(Cc1cnc[nH]1)N/N=C/c1ccccc1OS(=O)(=O)c1ccc(C(F)(F)F)cc1. The molecule has 1 aromatic heterocycles. The number of hydrogen-bond acceptors (Lipinski definition) is 6. The Morgan fingerprint density at radius 1 is 1.16 bits per heavy atom. The summed E-state index contributed by atoms with van der Waals surface area (Å²) in [5, 5.41) is 3.77. The first-order chi connectivity index (χ1) is 14.6. The van der Waals surface area contributed by atoms with Gasteiger partial charge in [-0.05, 0) is 36.4 Å². The Bertz CT molecular complexity index is 1180. The number of aromatic nitrogens is 2. The molecule has 8 nitrogen and oxygen atoms in total. The summed E-state index contributed by atoms with van der Waals surface area (Å²) in [6.45, 7) is 0. The molecular formula is C19H15F3N4O4S. The lowest BCUT2D eigenvalue weighted by molar-refractivity contribution is -0.137. The van der Waals surface area contributed by atoms with Crippen LogP contribution in [-0.4, -0.2) is 30.5 Å². The number of nitrogens with one attached hydrogen (secondary N) is 2.